The first-order chi connectivity index (χ1) is 14.0. The summed E-state index contributed by atoms with van der Waals surface area (Å²) in [7, 11) is 0. The van der Waals surface area contributed by atoms with Crippen LogP contribution in [0.5, 0.6) is 23.0 Å². The van der Waals surface area contributed by atoms with E-state index in [2.05, 4.69) is 5.32 Å². The maximum absolute atomic E-state index is 13.1. The van der Waals surface area contributed by atoms with Gasteiger partial charge < -0.3 is 14.8 Å². The van der Waals surface area contributed by atoms with Crippen LogP contribution in [0.1, 0.15) is 15.9 Å². The fraction of sp³-hybridized carbons (Fsp3) is 0.0952. The number of ether oxygens (including phenoxy) is 2. The van der Waals surface area contributed by atoms with Gasteiger partial charge in [-0.25, -0.2) is 4.39 Å². The Balaban J connectivity index is 1.63. The lowest BCUT2D eigenvalue weighted by molar-refractivity contribution is -0.385. The largest absolute Gasteiger partial charge is 0.457 e. The number of benzene rings is 3. The third-order valence-corrected chi connectivity index (χ3v) is 4.36. The first-order valence-electron chi connectivity index (χ1n) is 8.80. The minimum atomic E-state index is -0.554. The number of carbonyl (C=O) groups excluding carboxylic acids is 1. The number of halogens is 1. The molecule has 146 valence electrons. The first kappa shape index (κ1) is 18.4. The van der Waals surface area contributed by atoms with Crippen molar-refractivity contribution in [3.63, 3.8) is 0 Å². The van der Waals surface area contributed by atoms with E-state index in [-0.39, 0.29) is 23.1 Å². The second-order valence-corrected chi connectivity index (χ2v) is 6.40. The van der Waals surface area contributed by atoms with Gasteiger partial charge in [0.25, 0.3) is 11.6 Å². The Bertz CT molecular complexity index is 1100. The van der Waals surface area contributed by atoms with Gasteiger partial charge in [-0.05, 0) is 54.4 Å². The van der Waals surface area contributed by atoms with Crippen molar-refractivity contribution in [2.45, 2.75) is 6.42 Å². The molecule has 0 radical (unpaired) electrons. The van der Waals surface area contributed by atoms with Crippen LogP contribution in [0.25, 0.3) is 0 Å². The molecule has 0 atom stereocenters. The molecule has 1 aliphatic heterocycles. The van der Waals surface area contributed by atoms with Gasteiger partial charge in [0.2, 0.25) is 0 Å². The van der Waals surface area contributed by atoms with Crippen molar-refractivity contribution in [1.29, 1.82) is 0 Å². The van der Waals surface area contributed by atoms with Crippen LogP contribution >= 0.6 is 0 Å². The highest BCUT2D eigenvalue weighted by atomic mass is 19.1. The summed E-state index contributed by atoms with van der Waals surface area (Å²) in [6.07, 6.45) is 0.673. The molecule has 1 amide bonds. The molecule has 0 unspecified atom stereocenters. The van der Waals surface area contributed by atoms with E-state index in [0.29, 0.717) is 30.0 Å². The summed E-state index contributed by atoms with van der Waals surface area (Å²) in [5, 5.41) is 14.0. The van der Waals surface area contributed by atoms with Crippen LogP contribution in [0.15, 0.2) is 60.7 Å². The number of amides is 1. The van der Waals surface area contributed by atoms with Crippen LogP contribution in [-0.4, -0.2) is 17.4 Å². The Morgan fingerprint density at radius 2 is 1.55 bits per heavy atom. The fourth-order valence-electron chi connectivity index (χ4n) is 3.02. The molecule has 0 saturated heterocycles. The fourth-order valence-corrected chi connectivity index (χ4v) is 3.02. The number of carbonyl (C=O) groups is 1. The van der Waals surface area contributed by atoms with Gasteiger partial charge in [-0.2, -0.15) is 0 Å². The molecule has 8 heteroatoms. The summed E-state index contributed by atoms with van der Waals surface area (Å²) in [4.78, 5) is 22.6. The van der Waals surface area contributed by atoms with E-state index in [9.17, 15) is 19.3 Å². The zero-order valence-corrected chi connectivity index (χ0v) is 15.1. The summed E-state index contributed by atoms with van der Waals surface area (Å²) in [6, 6.07) is 14.4. The van der Waals surface area contributed by atoms with E-state index in [1.807, 2.05) is 0 Å². The van der Waals surface area contributed by atoms with Crippen molar-refractivity contribution in [3.05, 3.63) is 87.7 Å². The van der Waals surface area contributed by atoms with Crippen molar-refractivity contribution >= 4 is 11.6 Å². The lowest BCUT2D eigenvalue weighted by atomic mass is 10.0. The summed E-state index contributed by atoms with van der Waals surface area (Å²) in [5.41, 5.74) is 1.22. The molecule has 7 nitrogen and oxygen atoms in total. The van der Waals surface area contributed by atoms with Crippen LogP contribution in [0.4, 0.5) is 10.1 Å². The number of nitrogens with zero attached hydrogens (tertiary/aromatic N) is 1. The number of nitro benzene ring substituents is 1. The molecule has 0 saturated carbocycles. The van der Waals surface area contributed by atoms with Crippen molar-refractivity contribution < 1.29 is 23.6 Å². The summed E-state index contributed by atoms with van der Waals surface area (Å²) in [6.45, 7) is 0.543. The van der Waals surface area contributed by atoms with Crippen molar-refractivity contribution in [3.8, 4) is 23.0 Å². The molecular weight excluding hydrogens is 379 g/mol. The van der Waals surface area contributed by atoms with Crippen molar-refractivity contribution in [2.24, 2.45) is 0 Å². The molecule has 0 spiro atoms. The highest BCUT2D eigenvalue weighted by Gasteiger charge is 2.18. The monoisotopic (exact) mass is 394 g/mol. The smallest absolute Gasteiger partial charge is 0.276 e. The minimum Gasteiger partial charge on any atom is -0.457 e. The Labute approximate surface area is 164 Å². The third-order valence-electron chi connectivity index (χ3n) is 4.36. The number of nitrogens with one attached hydrogen (secondary N) is 1. The summed E-state index contributed by atoms with van der Waals surface area (Å²) >= 11 is 0. The minimum absolute atomic E-state index is 0.136. The topological polar surface area (TPSA) is 90.7 Å². The van der Waals surface area contributed by atoms with E-state index >= 15 is 0 Å². The van der Waals surface area contributed by atoms with Gasteiger partial charge in [-0.3, -0.25) is 14.9 Å². The number of rotatable bonds is 5. The molecule has 3 aromatic rings. The Hall–Kier alpha value is -3.94. The van der Waals surface area contributed by atoms with Gasteiger partial charge in [0.1, 0.15) is 28.8 Å². The molecule has 29 heavy (non-hydrogen) atoms. The van der Waals surface area contributed by atoms with E-state index < -0.39 is 10.7 Å². The number of fused-ring (bicyclic) bond motifs is 1. The van der Waals surface area contributed by atoms with Crippen LogP contribution in [0, 0.1) is 15.9 Å². The molecule has 4 rings (SSSR count). The van der Waals surface area contributed by atoms with Crippen LogP contribution in [0.3, 0.4) is 0 Å². The van der Waals surface area contributed by atoms with E-state index in [1.54, 1.807) is 18.2 Å². The van der Waals surface area contributed by atoms with Gasteiger partial charge in [0.05, 0.1) is 17.1 Å². The van der Waals surface area contributed by atoms with Gasteiger partial charge in [-0.1, -0.05) is 0 Å². The molecular formula is C21H15FN2O5. The number of hydrogen-bond acceptors (Lipinski definition) is 5. The van der Waals surface area contributed by atoms with E-state index in [4.69, 9.17) is 9.47 Å². The molecule has 0 bridgehead atoms. The lowest BCUT2D eigenvalue weighted by Gasteiger charge is -2.17. The standard InChI is InChI=1S/C21H15FN2O5/c22-14-1-3-16(4-2-14)28-18-10-15(24(26)27)11-19(12-18)29-17-5-6-20-13(9-17)7-8-23-21(20)25/h1-6,9-12H,7-8H2,(H,23,25). The predicted octanol–water partition coefficient (Wildman–Crippen LogP) is 4.60. The van der Waals surface area contributed by atoms with Crippen molar-refractivity contribution in [2.75, 3.05) is 6.54 Å². The first-order valence-corrected chi connectivity index (χ1v) is 8.80. The normalized spacial score (nSPS) is 12.7. The van der Waals surface area contributed by atoms with Gasteiger partial charge in [0, 0.05) is 18.2 Å². The number of nitro groups is 1. The predicted molar refractivity (Wildman–Crippen MR) is 102 cm³/mol. The zero-order chi connectivity index (χ0) is 20.4. The number of hydrogen-bond donors (Lipinski definition) is 1. The zero-order valence-electron chi connectivity index (χ0n) is 15.1. The van der Waals surface area contributed by atoms with Gasteiger partial charge in [-0.15, -0.1) is 0 Å². The Morgan fingerprint density at radius 3 is 2.24 bits per heavy atom. The molecule has 0 aromatic heterocycles. The maximum atomic E-state index is 13.1. The Morgan fingerprint density at radius 1 is 0.897 bits per heavy atom. The van der Waals surface area contributed by atoms with Crippen LogP contribution in [0.2, 0.25) is 0 Å². The van der Waals surface area contributed by atoms with Gasteiger partial charge in [0.15, 0.2) is 0 Å². The quantitative estimate of drug-likeness (QED) is 0.504. The average Bonchev–Trinajstić information content (AvgIpc) is 2.70. The van der Waals surface area contributed by atoms with Crippen LogP contribution in [-0.2, 0) is 6.42 Å². The lowest BCUT2D eigenvalue weighted by Crippen LogP contribution is -2.31. The molecule has 0 aliphatic carbocycles. The van der Waals surface area contributed by atoms with Gasteiger partial charge >= 0.3 is 0 Å². The molecule has 0 fully saturated rings. The van der Waals surface area contributed by atoms with E-state index in [0.717, 1.165) is 5.56 Å². The highest BCUT2D eigenvalue weighted by molar-refractivity contribution is 5.96. The second kappa shape index (κ2) is 7.59. The SMILES string of the molecule is O=C1NCCc2cc(Oc3cc(Oc4ccc(F)cc4)cc([N+](=O)[O-])c3)ccc21. The molecule has 1 aliphatic rings. The second-order valence-electron chi connectivity index (χ2n) is 6.40. The molecule has 1 N–H and O–H groups in total. The summed E-state index contributed by atoms with van der Waals surface area (Å²) in [5.74, 6) is 0.614. The van der Waals surface area contributed by atoms with E-state index in [1.165, 1.54) is 42.5 Å². The number of non-ortho nitro benzene ring substituents is 1. The Kier molecular flexibility index (Phi) is 4.82. The highest BCUT2D eigenvalue weighted by Crippen LogP contribution is 2.34. The van der Waals surface area contributed by atoms with Crippen LogP contribution < -0.4 is 14.8 Å². The van der Waals surface area contributed by atoms with Crippen molar-refractivity contribution in [1.82, 2.24) is 5.32 Å². The molecule has 1 heterocycles. The molecule has 3 aromatic carbocycles. The third kappa shape index (κ3) is 4.16. The summed E-state index contributed by atoms with van der Waals surface area (Å²) < 4.78 is 24.5. The maximum Gasteiger partial charge on any atom is 0.276 e. The average molecular weight is 394 g/mol.